The van der Waals surface area contributed by atoms with Gasteiger partial charge in [-0.25, -0.2) is 9.78 Å². The second kappa shape index (κ2) is 10.3. The van der Waals surface area contributed by atoms with Gasteiger partial charge in [0.15, 0.2) is 6.61 Å². The van der Waals surface area contributed by atoms with Crippen LogP contribution in [0, 0.1) is 13.8 Å². The molecule has 0 aliphatic rings. The first kappa shape index (κ1) is 24.6. The molecule has 1 aromatic carbocycles. The highest BCUT2D eigenvalue weighted by Crippen LogP contribution is 2.34. The van der Waals surface area contributed by atoms with Crippen LogP contribution in [-0.2, 0) is 21.5 Å². The van der Waals surface area contributed by atoms with E-state index in [-0.39, 0.29) is 16.3 Å². The van der Waals surface area contributed by atoms with Gasteiger partial charge in [0.1, 0.15) is 10.8 Å². The molecule has 0 unspecified atom stereocenters. The molecule has 2 aromatic heterocycles. The Labute approximate surface area is 195 Å². The van der Waals surface area contributed by atoms with Crippen LogP contribution in [0.4, 0.5) is 18.9 Å². The molecule has 1 N–H and O–H groups in total. The number of hydrogen-bond acceptors (Lipinski definition) is 7. The number of carbonyl (C=O) groups is 2. The number of hydrogen-bond donors (Lipinski definition) is 1. The lowest BCUT2D eigenvalue weighted by atomic mass is 10.2. The highest BCUT2D eigenvalue weighted by atomic mass is 35.5. The van der Waals surface area contributed by atoms with Crippen LogP contribution in [0.2, 0.25) is 5.02 Å². The summed E-state index contributed by atoms with van der Waals surface area (Å²) < 4.78 is 48.8. The van der Waals surface area contributed by atoms with Crippen molar-refractivity contribution in [2.45, 2.75) is 30.8 Å². The van der Waals surface area contributed by atoms with Crippen molar-refractivity contribution in [3.63, 3.8) is 0 Å². The van der Waals surface area contributed by atoms with Gasteiger partial charge in [0, 0.05) is 17.5 Å². The summed E-state index contributed by atoms with van der Waals surface area (Å²) >= 11 is 7.12. The van der Waals surface area contributed by atoms with Gasteiger partial charge in [-0.15, -0.1) is 11.8 Å². The van der Waals surface area contributed by atoms with E-state index in [1.165, 1.54) is 24.0 Å². The van der Waals surface area contributed by atoms with E-state index in [9.17, 15) is 22.8 Å². The number of aromatic nitrogens is 2. The third kappa shape index (κ3) is 6.26. The number of aryl methyl sites for hydroxylation is 2. The fourth-order valence-electron chi connectivity index (χ4n) is 2.70. The number of amides is 1. The molecular formula is C21H17ClF3N3O4S. The minimum Gasteiger partial charge on any atom is -0.452 e. The van der Waals surface area contributed by atoms with E-state index < -0.39 is 30.2 Å². The van der Waals surface area contributed by atoms with E-state index in [1.807, 2.05) is 0 Å². The number of benzene rings is 1. The fraction of sp³-hybridized carbons (Fsp3) is 0.238. The molecule has 2 heterocycles. The molecule has 174 valence electrons. The highest BCUT2D eigenvalue weighted by molar-refractivity contribution is 7.98. The topological polar surface area (TPSA) is 94.3 Å². The minimum atomic E-state index is -4.60. The van der Waals surface area contributed by atoms with E-state index in [0.29, 0.717) is 22.6 Å². The van der Waals surface area contributed by atoms with Crippen LogP contribution in [-0.4, -0.2) is 28.6 Å². The predicted octanol–water partition coefficient (Wildman–Crippen LogP) is 5.45. The predicted molar refractivity (Wildman–Crippen MR) is 115 cm³/mol. The molecule has 0 radical (unpaired) electrons. The van der Waals surface area contributed by atoms with Crippen LogP contribution >= 0.6 is 23.4 Å². The zero-order valence-electron chi connectivity index (χ0n) is 17.3. The molecule has 12 heteroatoms. The SMILES string of the molecule is Cc1noc(C)c1CSc1ncccc1C(=O)OCC(=O)Nc1cc(C(F)(F)F)ccc1Cl. The summed E-state index contributed by atoms with van der Waals surface area (Å²) in [7, 11) is 0. The fourth-order valence-corrected chi connectivity index (χ4v) is 4.00. The van der Waals surface area contributed by atoms with Crippen molar-refractivity contribution in [2.24, 2.45) is 0 Å². The summed E-state index contributed by atoms with van der Waals surface area (Å²) in [5.74, 6) is -0.550. The number of nitrogens with zero attached hydrogens (tertiary/aromatic N) is 2. The lowest BCUT2D eigenvalue weighted by Crippen LogP contribution is -2.21. The van der Waals surface area contributed by atoms with Gasteiger partial charge in [0.2, 0.25) is 0 Å². The molecule has 0 bridgehead atoms. The maximum absolute atomic E-state index is 12.9. The average molecular weight is 500 g/mol. The van der Waals surface area contributed by atoms with Crippen molar-refractivity contribution >= 4 is 40.9 Å². The Morgan fingerprint density at radius 1 is 1.24 bits per heavy atom. The van der Waals surface area contributed by atoms with E-state index in [1.54, 1.807) is 19.9 Å². The van der Waals surface area contributed by atoms with Crippen molar-refractivity contribution in [1.82, 2.24) is 10.1 Å². The largest absolute Gasteiger partial charge is 0.452 e. The van der Waals surface area contributed by atoms with Crippen LogP contribution in [0.3, 0.4) is 0 Å². The third-order valence-electron chi connectivity index (χ3n) is 4.43. The zero-order valence-corrected chi connectivity index (χ0v) is 18.9. The van der Waals surface area contributed by atoms with Crippen molar-refractivity contribution in [3.8, 4) is 0 Å². The molecule has 0 spiro atoms. The first-order valence-electron chi connectivity index (χ1n) is 9.39. The highest BCUT2D eigenvalue weighted by Gasteiger charge is 2.31. The number of alkyl halides is 3. The van der Waals surface area contributed by atoms with Gasteiger partial charge in [0.05, 0.1) is 27.5 Å². The number of halogens is 4. The van der Waals surface area contributed by atoms with Crippen LogP contribution < -0.4 is 5.32 Å². The molecule has 33 heavy (non-hydrogen) atoms. The molecule has 0 aliphatic heterocycles. The Kier molecular flexibility index (Phi) is 7.65. The number of ether oxygens (including phenoxy) is 1. The van der Waals surface area contributed by atoms with E-state index in [2.05, 4.69) is 15.5 Å². The third-order valence-corrected chi connectivity index (χ3v) is 5.79. The Bertz CT molecular complexity index is 1160. The number of pyridine rings is 1. The van der Waals surface area contributed by atoms with Gasteiger partial charge in [0.25, 0.3) is 5.91 Å². The number of esters is 1. The normalized spacial score (nSPS) is 11.3. The van der Waals surface area contributed by atoms with Crippen molar-refractivity contribution in [1.29, 1.82) is 0 Å². The van der Waals surface area contributed by atoms with Gasteiger partial charge in [-0.3, -0.25) is 4.79 Å². The Morgan fingerprint density at radius 2 is 2.00 bits per heavy atom. The van der Waals surface area contributed by atoms with Crippen molar-refractivity contribution in [3.05, 3.63) is 69.7 Å². The molecule has 0 atom stereocenters. The Morgan fingerprint density at radius 3 is 2.67 bits per heavy atom. The monoisotopic (exact) mass is 499 g/mol. The number of anilines is 1. The van der Waals surface area contributed by atoms with Gasteiger partial charge in [-0.2, -0.15) is 13.2 Å². The van der Waals surface area contributed by atoms with E-state index in [0.717, 1.165) is 23.4 Å². The molecule has 0 saturated heterocycles. The second-order valence-electron chi connectivity index (χ2n) is 6.76. The quantitative estimate of drug-likeness (QED) is 0.341. The molecule has 3 rings (SSSR count). The summed E-state index contributed by atoms with van der Waals surface area (Å²) in [4.78, 5) is 28.8. The van der Waals surface area contributed by atoms with Crippen molar-refractivity contribution in [2.75, 3.05) is 11.9 Å². The lowest BCUT2D eigenvalue weighted by Gasteiger charge is -2.12. The molecule has 7 nitrogen and oxygen atoms in total. The second-order valence-corrected chi connectivity index (χ2v) is 8.14. The Hall–Kier alpha value is -3.05. The Balaban J connectivity index is 1.63. The molecule has 0 saturated carbocycles. The molecule has 1 amide bonds. The molecular weight excluding hydrogens is 483 g/mol. The van der Waals surface area contributed by atoms with Gasteiger partial charge < -0.3 is 14.6 Å². The van der Waals surface area contributed by atoms with E-state index in [4.69, 9.17) is 20.9 Å². The maximum Gasteiger partial charge on any atom is 0.416 e. The number of carbonyl (C=O) groups excluding carboxylic acids is 2. The standard InChI is InChI=1S/C21H17ClF3N3O4S/c1-11-15(12(2)32-28-11)10-33-19-14(4-3-7-26-19)20(30)31-9-18(29)27-17-8-13(21(23,24)25)5-6-16(17)22/h3-8H,9-10H2,1-2H3,(H,27,29). The summed E-state index contributed by atoms with van der Waals surface area (Å²) in [5.41, 5.74) is 0.519. The van der Waals surface area contributed by atoms with Crippen molar-refractivity contribution < 1.29 is 32.0 Å². The number of thioether (sulfide) groups is 1. The van der Waals surface area contributed by atoms with Crippen LogP contribution in [0.25, 0.3) is 0 Å². The van der Waals surface area contributed by atoms with Crippen LogP contribution in [0.1, 0.15) is 32.9 Å². The van der Waals surface area contributed by atoms with Crippen LogP contribution in [0.15, 0.2) is 46.1 Å². The number of rotatable bonds is 7. The van der Waals surface area contributed by atoms with Gasteiger partial charge >= 0.3 is 12.1 Å². The summed E-state index contributed by atoms with van der Waals surface area (Å²) in [6, 6.07) is 5.55. The van der Waals surface area contributed by atoms with Crippen LogP contribution in [0.5, 0.6) is 0 Å². The first-order chi connectivity index (χ1) is 15.6. The summed E-state index contributed by atoms with van der Waals surface area (Å²) in [5, 5.41) is 6.38. The summed E-state index contributed by atoms with van der Waals surface area (Å²) in [6.45, 7) is 2.85. The maximum atomic E-state index is 12.9. The van der Waals surface area contributed by atoms with E-state index >= 15 is 0 Å². The molecule has 0 aliphatic carbocycles. The van der Waals surface area contributed by atoms with Gasteiger partial charge in [-0.05, 0) is 44.2 Å². The lowest BCUT2D eigenvalue weighted by molar-refractivity contribution is -0.137. The number of nitrogens with one attached hydrogen (secondary N) is 1. The minimum absolute atomic E-state index is 0.0899. The first-order valence-corrected chi connectivity index (χ1v) is 10.8. The zero-order chi connectivity index (χ0) is 24.2. The molecule has 0 fully saturated rings. The smallest absolute Gasteiger partial charge is 0.416 e. The van der Waals surface area contributed by atoms with Gasteiger partial charge in [-0.1, -0.05) is 16.8 Å². The molecule has 3 aromatic rings. The average Bonchev–Trinajstić information content (AvgIpc) is 3.08. The summed E-state index contributed by atoms with van der Waals surface area (Å²) in [6.07, 6.45) is -3.09.